The Bertz CT molecular complexity index is 1720. The number of ether oxygens (including phenoxy) is 4. The zero-order valence-electron chi connectivity index (χ0n) is 38.6. The van der Waals surface area contributed by atoms with Crippen LogP contribution in [0.1, 0.15) is 90.9 Å². The third kappa shape index (κ3) is 19.5. The van der Waals surface area contributed by atoms with Crippen molar-refractivity contribution in [2.45, 2.75) is 188 Å². The number of allylic oxidation sites excluding steroid dienone is 12. The molecule has 67 heavy (non-hydrogen) atoms. The summed E-state index contributed by atoms with van der Waals surface area (Å²) in [5, 5.41) is 112. The van der Waals surface area contributed by atoms with Crippen LogP contribution in [-0.2, 0) is 28.5 Å². The number of nitrogens with two attached hydrogens (primary N) is 1. The van der Waals surface area contributed by atoms with E-state index in [1.807, 2.05) is 49.5 Å². The van der Waals surface area contributed by atoms with Crippen LogP contribution in [0.4, 0.5) is 0 Å². The van der Waals surface area contributed by atoms with E-state index in [9.17, 15) is 60.7 Å². The van der Waals surface area contributed by atoms with E-state index in [4.69, 9.17) is 24.7 Å². The molecule has 2 bridgehead atoms. The zero-order valence-corrected chi connectivity index (χ0v) is 38.6. The van der Waals surface area contributed by atoms with Gasteiger partial charge in [0.15, 0.2) is 12.1 Å². The van der Waals surface area contributed by atoms with E-state index in [2.05, 4.69) is 5.32 Å². The highest BCUT2D eigenvalue weighted by Gasteiger charge is 2.51. The summed E-state index contributed by atoms with van der Waals surface area (Å²) < 4.78 is 23.3. The second-order valence-corrected chi connectivity index (χ2v) is 18.5. The van der Waals surface area contributed by atoms with Gasteiger partial charge in [0.2, 0.25) is 5.91 Å². The second-order valence-electron chi connectivity index (χ2n) is 18.5. The van der Waals surface area contributed by atoms with Crippen molar-refractivity contribution in [3.8, 4) is 0 Å². The van der Waals surface area contributed by atoms with Crippen LogP contribution < -0.4 is 11.1 Å². The van der Waals surface area contributed by atoms with Gasteiger partial charge >= 0.3 is 5.97 Å². The van der Waals surface area contributed by atoms with E-state index in [0.29, 0.717) is 0 Å². The number of aliphatic hydroxyl groups is 10. The summed E-state index contributed by atoms with van der Waals surface area (Å²) in [6.07, 6.45) is 8.87. The lowest BCUT2D eigenvalue weighted by atomic mass is 9.81. The van der Waals surface area contributed by atoms with E-state index in [-0.39, 0.29) is 50.7 Å². The molecule has 13 N–H and O–H groups in total. The molecule has 0 radical (unpaired) electrons. The fourth-order valence-corrected chi connectivity index (χ4v) is 8.36. The molecule has 0 aromatic carbocycles. The molecule has 1 aliphatic carbocycles. The molecule has 18 nitrogen and oxygen atoms in total. The number of fused-ring (bicyclic) bond motifs is 2. The van der Waals surface area contributed by atoms with Gasteiger partial charge in [0.05, 0.1) is 86.0 Å². The SMILES string of the molecule is C[C@H]1C[C@H](O)[C@@H](C)/C=C/C=C/C=C/C=C/C=C/C=C/C=C/[C@H](O[C@@H]2OC[C@@H](O)[C@H](N)[C@H]2O)C[C@@H]2O[C@](O)(CC(O)CC(O)C(O)CCC(O)CC(O)CC(=O)O1)C[C@H](O)C2C(=O)NC1CCC1. The minimum atomic E-state index is -2.23. The topological polar surface area (TPSA) is 311 Å². The van der Waals surface area contributed by atoms with Crippen molar-refractivity contribution >= 4 is 11.9 Å². The van der Waals surface area contributed by atoms with E-state index >= 15 is 0 Å². The van der Waals surface area contributed by atoms with Crippen LogP contribution in [0.3, 0.4) is 0 Å². The summed E-state index contributed by atoms with van der Waals surface area (Å²) in [6.45, 7) is 3.23. The van der Waals surface area contributed by atoms with Crippen molar-refractivity contribution in [1.29, 1.82) is 0 Å². The summed E-state index contributed by atoms with van der Waals surface area (Å²) in [5.41, 5.74) is 6.01. The average molecular weight is 949 g/mol. The molecule has 0 aromatic heterocycles. The van der Waals surface area contributed by atoms with Crippen LogP contribution >= 0.6 is 0 Å². The van der Waals surface area contributed by atoms with Gasteiger partial charge in [0, 0.05) is 44.1 Å². The highest BCUT2D eigenvalue weighted by Crippen LogP contribution is 2.38. The predicted octanol–water partition coefficient (Wildman–Crippen LogP) is 0.661. The molecule has 4 rings (SSSR count). The Kier molecular flexibility index (Phi) is 23.7. The lowest BCUT2D eigenvalue weighted by Gasteiger charge is -2.46. The summed E-state index contributed by atoms with van der Waals surface area (Å²) >= 11 is 0. The van der Waals surface area contributed by atoms with E-state index < -0.39 is 135 Å². The number of esters is 1. The standard InChI is InChI=1S/C49H76N2O16/c1-30-16-13-11-9-7-5-3-4-6-8-10-12-14-19-36(66-48-46(61)45(50)41(59)29-64-48)26-42-44(47(62)51-32-17-15-18-32)40(58)28-49(63,67-42)27-35(54)24-39(57)37(55)21-20-33(52)23-34(53)25-43(60)65-31(2)22-38(30)56/h3-14,16,19,30-42,44-46,48,52-59,61,63H,15,17-18,20-29,50H2,1-2H3,(H,51,62)/b4-3+,7-5+,8-6+,11-9+,12-10+,16-13+,19-14+/t30-,31-,33?,34?,35?,36-,37?,38-,39?,40-,41+,42-,44?,45-,46+,48-,49+/m0/s1. The Hall–Kier alpha value is -3.44. The monoisotopic (exact) mass is 949 g/mol. The van der Waals surface area contributed by atoms with E-state index in [1.165, 1.54) is 0 Å². The summed E-state index contributed by atoms with van der Waals surface area (Å²) in [6, 6.07) is -1.19. The molecule has 0 aromatic rings. The Morgan fingerprint density at radius 2 is 1.30 bits per heavy atom. The van der Waals surface area contributed by atoms with E-state index in [1.54, 1.807) is 49.5 Å². The molecule has 4 aliphatic rings. The van der Waals surface area contributed by atoms with Gasteiger partial charge in [0.25, 0.3) is 0 Å². The molecule has 378 valence electrons. The van der Waals surface area contributed by atoms with Gasteiger partial charge in [-0.3, -0.25) is 9.59 Å². The molecule has 0 spiro atoms. The Balaban J connectivity index is 1.56. The molecular formula is C49H76N2O16. The number of rotatable bonds is 4. The number of amides is 1. The van der Waals surface area contributed by atoms with Crippen LogP contribution in [-0.4, -0.2) is 167 Å². The van der Waals surface area contributed by atoms with Crippen molar-refractivity contribution in [2.24, 2.45) is 17.6 Å². The van der Waals surface area contributed by atoms with Gasteiger partial charge in [-0.05, 0) is 45.4 Å². The molecule has 17 atom stereocenters. The number of aliphatic hydroxyl groups excluding tert-OH is 9. The number of cyclic esters (lactones) is 1. The first-order valence-corrected chi connectivity index (χ1v) is 23.6. The van der Waals surface area contributed by atoms with Gasteiger partial charge in [-0.25, -0.2) is 0 Å². The first-order valence-electron chi connectivity index (χ1n) is 23.6. The quantitative estimate of drug-likeness (QED) is 0.172. The summed E-state index contributed by atoms with van der Waals surface area (Å²) in [4.78, 5) is 26.3. The van der Waals surface area contributed by atoms with Crippen LogP contribution in [0.25, 0.3) is 0 Å². The van der Waals surface area contributed by atoms with Crippen molar-refractivity contribution < 1.29 is 79.6 Å². The van der Waals surface area contributed by atoms with Crippen molar-refractivity contribution in [2.75, 3.05) is 6.61 Å². The fourth-order valence-electron chi connectivity index (χ4n) is 8.36. The molecule has 1 amide bonds. The molecule has 1 saturated carbocycles. The Morgan fingerprint density at radius 1 is 0.687 bits per heavy atom. The minimum absolute atomic E-state index is 0.0815. The van der Waals surface area contributed by atoms with Gasteiger partial charge in [-0.1, -0.05) is 92.0 Å². The number of hydrogen-bond acceptors (Lipinski definition) is 17. The Labute approximate surface area is 393 Å². The number of carbonyl (C=O) groups is 2. The van der Waals surface area contributed by atoms with Gasteiger partial charge in [0.1, 0.15) is 12.2 Å². The van der Waals surface area contributed by atoms with Crippen LogP contribution in [0.15, 0.2) is 85.1 Å². The zero-order chi connectivity index (χ0) is 49.1. The lowest BCUT2D eigenvalue weighted by molar-refractivity contribution is -0.304. The maximum absolute atomic E-state index is 13.7. The smallest absolute Gasteiger partial charge is 0.308 e. The first kappa shape index (κ1) is 56.2. The third-order valence-electron chi connectivity index (χ3n) is 12.5. The van der Waals surface area contributed by atoms with E-state index in [0.717, 1.165) is 19.3 Å². The number of nitrogens with one attached hydrogen (secondary N) is 1. The highest BCUT2D eigenvalue weighted by molar-refractivity contribution is 5.80. The van der Waals surface area contributed by atoms with Crippen LogP contribution in [0.5, 0.6) is 0 Å². The maximum atomic E-state index is 13.7. The second kappa shape index (κ2) is 28.3. The highest BCUT2D eigenvalue weighted by atomic mass is 16.7. The van der Waals surface area contributed by atoms with Crippen molar-refractivity contribution in [3.63, 3.8) is 0 Å². The molecule has 3 fully saturated rings. The molecule has 6 unspecified atom stereocenters. The average Bonchev–Trinajstić information content (AvgIpc) is 3.23. The van der Waals surface area contributed by atoms with Crippen molar-refractivity contribution in [1.82, 2.24) is 5.32 Å². The van der Waals surface area contributed by atoms with Gasteiger partial charge in [-0.15, -0.1) is 0 Å². The van der Waals surface area contributed by atoms with Gasteiger partial charge in [-0.2, -0.15) is 0 Å². The maximum Gasteiger partial charge on any atom is 0.308 e. The largest absolute Gasteiger partial charge is 0.462 e. The molecule has 3 aliphatic heterocycles. The van der Waals surface area contributed by atoms with Crippen molar-refractivity contribution in [3.05, 3.63) is 85.1 Å². The third-order valence-corrected chi connectivity index (χ3v) is 12.5. The molecule has 18 heteroatoms. The minimum Gasteiger partial charge on any atom is -0.462 e. The van der Waals surface area contributed by atoms with Crippen LogP contribution in [0.2, 0.25) is 0 Å². The summed E-state index contributed by atoms with van der Waals surface area (Å²) in [5.74, 6) is -4.92. The molecule has 3 heterocycles. The fraction of sp³-hybridized carbons (Fsp3) is 0.673. The predicted molar refractivity (Wildman–Crippen MR) is 246 cm³/mol. The number of hydrogen-bond donors (Lipinski definition) is 12. The molecule has 2 saturated heterocycles. The Morgan fingerprint density at radius 3 is 1.91 bits per heavy atom. The number of carbonyl (C=O) groups excluding carboxylic acids is 2. The lowest BCUT2D eigenvalue weighted by Crippen LogP contribution is -2.60. The summed E-state index contributed by atoms with van der Waals surface area (Å²) in [7, 11) is 0. The van der Waals surface area contributed by atoms with Crippen LogP contribution in [0, 0.1) is 11.8 Å². The molecular weight excluding hydrogens is 873 g/mol. The first-order chi connectivity index (χ1) is 31.8. The van der Waals surface area contributed by atoms with Gasteiger partial charge < -0.3 is 81.1 Å². The normalized spacial score (nSPS) is 43.5.